The monoisotopic (exact) mass is 299 g/mol. The van der Waals surface area contributed by atoms with E-state index in [1.807, 2.05) is 30.3 Å². The van der Waals surface area contributed by atoms with E-state index in [2.05, 4.69) is 15.5 Å². The minimum atomic E-state index is -0.549. The molecule has 3 aromatic rings. The van der Waals surface area contributed by atoms with Gasteiger partial charge in [-0.3, -0.25) is 0 Å². The first-order valence-corrected chi connectivity index (χ1v) is 6.61. The summed E-state index contributed by atoms with van der Waals surface area (Å²) in [7, 11) is 0. The first-order chi connectivity index (χ1) is 10.8. The van der Waals surface area contributed by atoms with Gasteiger partial charge in [0.25, 0.3) is 5.89 Å². The highest BCUT2D eigenvalue weighted by atomic mass is 16.5. The van der Waals surface area contributed by atoms with Gasteiger partial charge in [0, 0.05) is 0 Å². The summed E-state index contributed by atoms with van der Waals surface area (Å²) in [6, 6.07) is 11.1. The van der Waals surface area contributed by atoms with Crippen LogP contribution in [0.25, 0.3) is 11.5 Å². The van der Waals surface area contributed by atoms with Gasteiger partial charge >= 0.3 is 6.09 Å². The molecule has 0 bridgehead atoms. The number of nitrogens with one attached hydrogen (secondary N) is 1. The summed E-state index contributed by atoms with van der Waals surface area (Å²) in [5.41, 5.74) is 1.60. The van der Waals surface area contributed by atoms with Crippen molar-refractivity contribution in [2.45, 2.75) is 13.2 Å². The lowest BCUT2D eigenvalue weighted by Gasteiger charge is -2.05. The van der Waals surface area contributed by atoms with Crippen molar-refractivity contribution in [1.82, 2.24) is 15.5 Å². The van der Waals surface area contributed by atoms with Gasteiger partial charge in [-0.2, -0.15) is 0 Å². The van der Waals surface area contributed by atoms with Crippen LogP contribution in [0.1, 0.15) is 11.5 Å². The average Bonchev–Trinajstić information content (AvgIpc) is 3.22. The molecule has 0 aliphatic carbocycles. The molecular weight excluding hydrogens is 286 g/mol. The molecule has 3 rings (SSSR count). The Kier molecular flexibility index (Phi) is 4.15. The number of furan rings is 1. The van der Waals surface area contributed by atoms with E-state index in [0.717, 1.165) is 5.56 Å². The second-order valence-corrected chi connectivity index (χ2v) is 4.43. The lowest BCUT2D eigenvalue weighted by molar-refractivity contribution is 0.138. The minimum absolute atomic E-state index is 0.0957. The van der Waals surface area contributed by atoms with Crippen LogP contribution >= 0.6 is 0 Å². The maximum Gasteiger partial charge on any atom is 0.407 e. The Morgan fingerprint density at radius 3 is 2.82 bits per heavy atom. The van der Waals surface area contributed by atoms with Crippen molar-refractivity contribution in [2.24, 2.45) is 0 Å². The lowest BCUT2D eigenvalue weighted by Crippen LogP contribution is -2.23. The highest BCUT2D eigenvalue weighted by molar-refractivity contribution is 5.67. The number of hydrogen-bond donors (Lipinski definition) is 1. The van der Waals surface area contributed by atoms with E-state index in [-0.39, 0.29) is 19.0 Å². The van der Waals surface area contributed by atoms with Crippen LogP contribution in [0.2, 0.25) is 0 Å². The molecule has 0 saturated carbocycles. The standard InChI is InChI=1S/C15H13N3O4/c19-15(21-9-11-4-2-1-3-5-11)16-8-13-17-18-14(22-13)12-6-7-20-10-12/h1-7,10H,8-9H2,(H,16,19). The van der Waals surface area contributed by atoms with Crippen molar-refractivity contribution >= 4 is 6.09 Å². The first-order valence-electron chi connectivity index (χ1n) is 6.61. The van der Waals surface area contributed by atoms with E-state index in [1.165, 1.54) is 12.5 Å². The fraction of sp³-hybridized carbons (Fsp3) is 0.133. The highest BCUT2D eigenvalue weighted by Crippen LogP contribution is 2.17. The lowest BCUT2D eigenvalue weighted by atomic mass is 10.2. The van der Waals surface area contributed by atoms with Crippen molar-refractivity contribution in [3.05, 3.63) is 60.4 Å². The average molecular weight is 299 g/mol. The van der Waals surface area contributed by atoms with Gasteiger partial charge in [0.15, 0.2) is 0 Å². The molecule has 0 aliphatic heterocycles. The Morgan fingerprint density at radius 1 is 1.18 bits per heavy atom. The van der Waals surface area contributed by atoms with Crippen LogP contribution in [-0.4, -0.2) is 16.3 Å². The van der Waals surface area contributed by atoms with E-state index >= 15 is 0 Å². The van der Waals surface area contributed by atoms with Gasteiger partial charge in [-0.1, -0.05) is 30.3 Å². The highest BCUT2D eigenvalue weighted by Gasteiger charge is 2.11. The summed E-state index contributed by atoms with van der Waals surface area (Å²) in [6.45, 7) is 0.301. The van der Waals surface area contributed by atoms with Gasteiger partial charge in [0.1, 0.15) is 12.9 Å². The molecule has 1 N–H and O–H groups in total. The minimum Gasteiger partial charge on any atom is -0.472 e. The maximum atomic E-state index is 11.6. The summed E-state index contributed by atoms with van der Waals surface area (Å²) >= 11 is 0. The summed E-state index contributed by atoms with van der Waals surface area (Å²) < 4.78 is 15.4. The van der Waals surface area contributed by atoms with Gasteiger partial charge in [-0.05, 0) is 11.6 Å². The molecule has 0 spiro atoms. The Balaban J connectivity index is 1.47. The van der Waals surface area contributed by atoms with E-state index < -0.39 is 6.09 Å². The number of ether oxygens (including phenoxy) is 1. The number of carbonyl (C=O) groups excluding carboxylic acids is 1. The summed E-state index contributed by atoms with van der Waals surface area (Å²) in [6.07, 6.45) is 2.46. The molecule has 0 unspecified atom stereocenters. The summed E-state index contributed by atoms with van der Waals surface area (Å²) in [4.78, 5) is 11.6. The van der Waals surface area contributed by atoms with Crippen LogP contribution < -0.4 is 5.32 Å². The molecule has 0 aliphatic rings. The Morgan fingerprint density at radius 2 is 2.05 bits per heavy atom. The SMILES string of the molecule is O=C(NCc1nnc(-c2ccoc2)o1)OCc1ccccc1. The number of amides is 1. The molecule has 1 amide bonds. The van der Waals surface area contributed by atoms with Gasteiger partial charge in [-0.25, -0.2) is 4.79 Å². The summed E-state index contributed by atoms with van der Waals surface area (Å²) in [5.74, 6) is 0.621. The van der Waals surface area contributed by atoms with Crippen molar-refractivity contribution in [3.63, 3.8) is 0 Å². The second-order valence-electron chi connectivity index (χ2n) is 4.43. The fourth-order valence-corrected chi connectivity index (χ4v) is 1.75. The molecule has 0 fully saturated rings. The Hall–Kier alpha value is -3.09. The van der Waals surface area contributed by atoms with Crippen molar-refractivity contribution in [2.75, 3.05) is 0 Å². The maximum absolute atomic E-state index is 11.6. The van der Waals surface area contributed by atoms with Gasteiger partial charge in [0.05, 0.1) is 18.4 Å². The van der Waals surface area contributed by atoms with Gasteiger partial charge in [0.2, 0.25) is 5.89 Å². The number of rotatable bonds is 5. The molecule has 7 nitrogen and oxygen atoms in total. The molecule has 1 aromatic carbocycles. The van der Waals surface area contributed by atoms with Gasteiger partial charge < -0.3 is 18.9 Å². The van der Waals surface area contributed by atoms with Crippen LogP contribution in [0, 0.1) is 0 Å². The first kappa shape index (κ1) is 13.9. The third-order valence-corrected chi connectivity index (χ3v) is 2.83. The van der Waals surface area contributed by atoms with E-state index in [9.17, 15) is 4.79 Å². The van der Waals surface area contributed by atoms with Crippen molar-refractivity contribution in [3.8, 4) is 11.5 Å². The Labute approximate surface area is 125 Å². The van der Waals surface area contributed by atoms with Crippen LogP contribution in [-0.2, 0) is 17.9 Å². The van der Waals surface area contributed by atoms with Crippen LogP contribution in [0.15, 0.2) is 57.8 Å². The molecule has 0 atom stereocenters. The fourth-order valence-electron chi connectivity index (χ4n) is 1.75. The zero-order valence-corrected chi connectivity index (χ0v) is 11.6. The van der Waals surface area contributed by atoms with Crippen molar-refractivity contribution in [1.29, 1.82) is 0 Å². The number of aromatic nitrogens is 2. The predicted octanol–water partition coefficient (Wildman–Crippen LogP) is 2.76. The normalized spacial score (nSPS) is 10.4. The third kappa shape index (κ3) is 3.51. The molecule has 7 heteroatoms. The molecule has 112 valence electrons. The molecule has 0 saturated heterocycles. The number of nitrogens with zero attached hydrogens (tertiary/aromatic N) is 2. The van der Waals surface area contributed by atoms with E-state index in [4.69, 9.17) is 13.6 Å². The van der Waals surface area contributed by atoms with E-state index in [0.29, 0.717) is 11.5 Å². The number of alkyl carbamates (subject to hydrolysis) is 1. The van der Waals surface area contributed by atoms with E-state index in [1.54, 1.807) is 6.07 Å². The number of carbonyl (C=O) groups is 1. The van der Waals surface area contributed by atoms with Crippen molar-refractivity contribution < 1.29 is 18.4 Å². The topological polar surface area (TPSA) is 90.4 Å². The second kappa shape index (κ2) is 6.57. The van der Waals surface area contributed by atoms with Gasteiger partial charge in [-0.15, -0.1) is 10.2 Å². The molecule has 2 aromatic heterocycles. The zero-order valence-electron chi connectivity index (χ0n) is 11.6. The molecular formula is C15H13N3O4. The quantitative estimate of drug-likeness (QED) is 0.779. The Bertz CT molecular complexity index is 722. The zero-order chi connectivity index (χ0) is 15.2. The molecule has 0 radical (unpaired) electrons. The largest absolute Gasteiger partial charge is 0.472 e. The third-order valence-electron chi connectivity index (χ3n) is 2.83. The number of hydrogen-bond acceptors (Lipinski definition) is 6. The summed E-state index contributed by atoms with van der Waals surface area (Å²) in [5, 5.41) is 10.2. The predicted molar refractivity (Wildman–Crippen MR) is 75.5 cm³/mol. The molecule has 2 heterocycles. The van der Waals surface area contributed by atoms with Crippen LogP contribution in [0.3, 0.4) is 0 Å². The molecule has 22 heavy (non-hydrogen) atoms. The number of benzene rings is 1. The van der Waals surface area contributed by atoms with Crippen LogP contribution in [0.5, 0.6) is 0 Å². The smallest absolute Gasteiger partial charge is 0.407 e. The van der Waals surface area contributed by atoms with Crippen LogP contribution in [0.4, 0.5) is 4.79 Å².